The van der Waals surface area contributed by atoms with Gasteiger partial charge in [-0.05, 0) is 24.8 Å². The van der Waals surface area contributed by atoms with E-state index in [1.54, 1.807) is 10.6 Å². The molecule has 0 bridgehead atoms. The van der Waals surface area contributed by atoms with Gasteiger partial charge in [0.2, 0.25) is 0 Å². The molecule has 0 saturated carbocycles. The van der Waals surface area contributed by atoms with Crippen LogP contribution in [-0.2, 0) is 29.0 Å². The summed E-state index contributed by atoms with van der Waals surface area (Å²) in [6.07, 6.45) is 3.09. The minimum Gasteiger partial charge on any atom is -0.356 e. The Kier molecular flexibility index (Phi) is 3.55. The lowest BCUT2D eigenvalue weighted by atomic mass is 10.2. The molecular formula is C11H15N3O3. The van der Waals surface area contributed by atoms with Gasteiger partial charge in [-0.25, -0.2) is 5.84 Å². The molecule has 6 nitrogen and oxygen atoms in total. The molecule has 0 atom stereocenters. The van der Waals surface area contributed by atoms with Crippen molar-refractivity contribution < 1.29 is 9.63 Å². The highest BCUT2D eigenvalue weighted by atomic mass is 16.7. The molecule has 3 N–H and O–H groups in total. The monoisotopic (exact) mass is 237 g/mol. The maximum absolute atomic E-state index is 11.7. The number of nitrogens with one attached hydrogen (secondary N) is 1. The number of hydrazine groups is 1. The Morgan fingerprint density at radius 2 is 2.29 bits per heavy atom. The van der Waals surface area contributed by atoms with E-state index in [2.05, 4.69) is 4.84 Å². The number of aryl methyl sites for hydroxylation is 1. The minimum absolute atomic E-state index is 0.0702. The molecule has 0 saturated heterocycles. The number of hydrogen-bond acceptors (Lipinski definition) is 5. The normalized spacial score (nSPS) is 13.5. The van der Waals surface area contributed by atoms with Gasteiger partial charge < -0.3 is 9.40 Å². The van der Waals surface area contributed by atoms with Crippen LogP contribution in [0.2, 0.25) is 0 Å². The average molecular weight is 237 g/mol. The Labute approximate surface area is 98.3 Å². The molecule has 0 aromatic carbocycles. The van der Waals surface area contributed by atoms with Gasteiger partial charge in [0.1, 0.15) is 0 Å². The zero-order chi connectivity index (χ0) is 12.3. The second-order valence-electron chi connectivity index (χ2n) is 3.99. The summed E-state index contributed by atoms with van der Waals surface area (Å²) in [7, 11) is 0. The van der Waals surface area contributed by atoms with Crippen molar-refractivity contribution >= 4 is 5.97 Å². The Balaban J connectivity index is 2.13. The lowest BCUT2D eigenvalue weighted by Crippen LogP contribution is -2.29. The molecule has 2 rings (SSSR count). The maximum atomic E-state index is 11.7. The molecule has 1 aromatic rings. The zero-order valence-electron chi connectivity index (χ0n) is 9.44. The van der Waals surface area contributed by atoms with E-state index in [0.29, 0.717) is 6.54 Å². The van der Waals surface area contributed by atoms with Crippen molar-refractivity contribution in [3.8, 4) is 0 Å². The van der Waals surface area contributed by atoms with Crippen LogP contribution in [0.3, 0.4) is 0 Å². The standard InChI is InChI=1S/C11H15N3O3/c12-13-17-11(16)6-7-14-9-3-1-2-8(9)4-5-10(14)15/h4-5,13H,1-3,6-7,12H2. The van der Waals surface area contributed by atoms with Crippen LogP contribution in [0.1, 0.15) is 24.1 Å². The number of nitrogens with two attached hydrogens (primary N) is 1. The number of rotatable bonds is 4. The van der Waals surface area contributed by atoms with Gasteiger partial charge in [-0.3, -0.25) is 9.59 Å². The molecule has 0 unspecified atom stereocenters. The van der Waals surface area contributed by atoms with Gasteiger partial charge in [0.15, 0.2) is 0 Å². The second kappa shape index (κ2) is 5.11. The summed E-state index contributed by atoms with van der Waals surface area (Å²) < 4.78 is 1.65. The molecule has 0 radical (unpaired) electrons. The van der Waals surface area contributed by atoms with E-state index in [0.717, 1.165) is 25.0 Å². The van der Waals surface area contributed by atoms with Gasteiger partial charge in [-0.2, -0.15) is 0 Å². The van der Waals surface area contributed by atoms with Gasteiger partial charge >= 0.3 is 5.97 Å². The Bertz CT molecular complexity index is 481. The van der Waals surface area contributed by atoms with Crippen LogP contribution in [-0.4, -0.2) is 10.5 Å². The van der Waals surface area contributed by atoms with Gasteiger partial charge in [0, 0.05) is 18.3 Å². The molecule has 6 heteroatoms. The van der Waals surface area contributed by atoms with Crippen LogP contribution < -0.4 is 17.0 Å². The van der Waals surface area contributed by atoms with Crippen LogP contribution >= 0.6 is 0 Å². The lowest BCUT2D eigenvalue weighted by molar-refractivity contribution is -0.151. The highest BCUT2D eigenvalue weighted by Crippen LogP contribution is 2.19. The number of hydrogen-bond donors (Lipinski definition) is 2. The van der Waals surface area contributed by atoms with E-state index >= 15 is 0 Å². The fourth-order valence-electron chi connectivity index (χ4n) is 2.20. The first-order chi connectivity index (χ1) is 8.22. The topological polar surface area (TPSA) is 86.3 Å². The molecule has 92 valence electrons. The first-order valence-electron chi connectivity index (χ1n) is 5.59. The Morgan fingerprint density at radius 1 is 1.47 bits per heavy atom. The van der Waals surface area contributed by atoms with E-state index in [1.165, 1.54) is 5.56 Å². The molecule has 0 aliphatic heterocycles. The predicted octanol–water partition coefficient (Wildman–Crippen LogP) is -0.351. The fourth-order valence-corrected chi connectivity index (χ4v) is 2.20. The number of carbonyl (C=O) groups excluding carboxylic acids is 1. The Hall–Kier alpha value is -1.66. The molecule has 17 heavy (non-hydrogen) atoms. The summed E-state index contributed by atoms with van der Waals surface area (Å²) in [5.41, 5.74) is 4.01. The number of aromatic nitrogens is 1. The summed E-state index contributed by atoms with van der Waals surface area (Å²) in [5.74, 6) is 4.38. The number of carbonyl (C=O) groups is 1. The third-order valence-electron chi connectivity index (χ3n) is 2.96. The summed E-state index contributed by atoms with van der Waals surface area (Å²) in [6.45, 7) is 0.336. The maximum Gasteiger partial charge on any atom is 0.328 e. The van der Waals surface area contributed by atoms with Crippen molar-refractivity contribution in [3.63, 3.8) is 0 Å². The summed E-state index contributed by atoms with van der Waals surface area (Å²) in [4.78, 5) is 27.3. The summed E-state index contributed by atoms with van der Waals surface area (Å²) in [6, 6.07) is 3.43. The lowest BCUT2D eigenvalue weighted by Gasteiger charge is -2.10. The van der Waals surface area contributed by atoms with Gasteiger partial charge in [0.05, 0.1) is 6.42 Å². The quantitative estimate of drug-likeness (QED) is 0.552. The summed E-state index contributed by atoms with van der Waals surface area (Å²) >= 11 is 0. The minimum atomic E-state index is -0.477. The Morgan fingerprint density at radius 3 is 3.06 bits per heavy atom. The SMILES string of the molecule is NNOC(=O)CCn1c2c(ccc1=O)CCC2. The van der Waals surface area contributed by atoms with E-state index in [4.69, 9.17) is 5.84 Å². The highest BCUT2D eigenvalue weighted by molar-refractivity contribution is 5.68. The van der Waals surface area contributed by atoms with Crippen LogP contribution in [0, 0.1) is 0 Å². The molecule has 0 fully saturated rings. The van der Waals surface area contributed by atoms with Crippen LogP contribution in [0.4, 0.5) is 0 Å². The third-order valence-corrected chi connectivity index (χ3v) is 2.96. The number of nitrogens with zero attached hydrogens (tertiary/aromatic N) is 1. The van der Waals surface area contributed by atoms with E-state index in [9.17, 15) is 9.59 Å². The van der Waals surface area contributed by atoms with Crippen molar-refractivity contribution in [2.75, 3.05) is 0 Å². The molecule has 0 spiro atoms. The van der Waals surface area contributed by atoms with Crippen molar-refractivity contribution in [2.24, 2.45) is 5.84 Å². The van der Waals surface area contributed by atoms with Crippen molar-refractivity contribution in [2.45, 2.75) is 32.2 Å². The predicted molar refractivity (Wildman–Crippen MR) is 60.8 cm³/mol. The largest absolute Gasteiger partial charge is 0.356 e. The smallest absolute Gasteiger partial charge is 0.328 e. The fraction of sp³-hybridized carbons (Fsp3) is 0.455. The first kappa shape index (κ1) is 11.8. The van der Waals surface area contributed by atoms with Crippen molar-refractivity contribution in [3.05, 3.63) is 33.7 Å². The van der Waals surface area contributed by atoms with Gasteiger partial charge in [-0.1, -0.05) is 11.7 Å². The molecule has 1 heterocycles. The molecule has 1 aliphatic rings. The van der Waals surface area contributed by atoms with Gasteiger partial charge in [-0.15, -0.1) is 0 Å². The van der Waals surface area contributed by atoms with Crippen LogP contribution in [0.25, 0.3) is 0 Å². The van der Waals surface area contributed by atoms with Crippen molar-refractivity contribution in [1.29, 1.82) is 0 Å². The molecule has 0 amide bonds. The van der Waals surface area contributed by atoms with E-state index in [-0.39, 0.29) is 12.0 Å². The van der Waals surface area contributed by atoms with E-state index in [1.807, 2.05) is 11.7 Å². The molecule has 1 aliphatic carbocycles. The van der Waals surface area contributed by atoms with Gasteiger partial charge in [0.25, 0.3) is 5.56 Å². The van der Waals surface area contributed by atoms with E-state index < -0.39 is 5.97 Å². The number of pyridine rings is 1. The summed E-state index contributed by atoms with van der Waals surface area (Å²) in [5, 5.41) is 0. The van der Waals surface area contributed by atoms with Crippen molar-refractivity contribution in [1.82, 2.24) is 10.2 Å². The third kappa shape index (κ3) is 2.54. The average Bonchev–Trinajstić information content (AvgIpc) is 2.76. The molecule has 1 aromatic heterocycles. The second-order valence-corrected chi connectivity index (χ2v) is 3.99. The molecular weight excluding hydrogens is 222 g/mol. The highest BCUT2D eigenvalue weighted by Gasteiger charge is 2.16. The van der Waals surface area contributed by atoms with Crippen LogP contribution in [0.15, 0.2) is 16.9 Å². The van der Waals surface area contributed by atoms with Crippen LogP contribution in [0.5, 0.6) is 0 Å². The first-order valence-corrected chi connectivity index (χ1v) is 5.59. The number of fused-ring (bicyclic) bond motifs is 1. The zero-order valence-corrected chi connectivity index (χ0v) is 9.44.